The van der Waals surface area contributed by atoms with Crippen LogP contribution in [0.15, 0.2) is 42.5 Å². The van der Waals surface area contributed by atoms with Gasteiger partial charge in [-0.1, -0.05) is 23.7 Å². The highest BCUT2D eigenvalue weighted by Gasteiger charge is 2.15. The van der Waals surface area contributed by atoms with Crippen molar-refractivity contribution in [3.05, 3.63) is 64.7 Å². The van der Waals surface area contributed by atoms with Crippen molar-refractivity contribution in [1.82, 2.24) is 5.32 Å². The van der Waals surface area contributed by atoms with E-state index in [-0.39, 0.29) is 12.3 Å². The number of rotatable bonds is 4. The van der Waals surface area contributed by atoms with Crippen molar-refractivity contribution in [1.29, 1.82) is 0 Å². The monoisotopic (exact) mass is 326 g/mol. The van der Waals surface area contributed by atoms with E-state index in [1.54, 1.807) is 24.3 Å². The smallest absolute Gasteiger partial charge is 0.319 e. The Hall–Kier alpha value is -2.18. The van der Waals surface area contributed by atoms with Crippen molar-refractivity contribution in [3.8, 4) is 0 Å². The topological polar surface area (TPSA) is 61.4 Å². The van der Waals surface area contributed by atoms with Gasteiger partial charge in [-0.15, -0.1) is 0 Å². The number of carbonyl (C=O) groups excluding carboxylic acids is 1. The Morgan fingerprint density at radius 2 is 1.86 bits per heavy atom. The molecule has 2 aromatic rings. The molecule has 0 saturated heterocycles. The molecule has 0 radical (unpaired) electrons. The van der Waals surface area contributed by atoms with E-state index in [1.807, 2.05) is 0 Å². The third-order valence-electron chi connectivity index (χ3n) is 2.94. The van der Waals surface area contributed by atoms with E-state index in [0.29, 0.717) is 16.7 Å². The molecule has 2 aromatic carbocycles. The Balaban J connectivity index is 2.04. The second kappa shape index (κ2) is 7.20. The van der Waals surface area contributed by atoms with Gasteiger partial charge in [-0.25, -0.2) is 13.6 Å². The molecule has 0 aliphatic carbocycles. The summed E-state index contributed by atoms with van der Waals surface area (Å²) in [5.41, 5.74) is 0.480. The molecule has 3 N–H and O–H groups in total. The van der Waals surface area contributed by atoms with E-state index in [4.69, 9.17) is 11.6 Å². The number of urea groups is 1. The number of hydrogen-bond donors (Lipinski definition) is 3. The standard InChI is InChI=1S/C15H13ClF2N2O2/c16-10-3-1-9(2-4-10)14(8-21)20-15(22)19-13-6-5-11(17)7-12(13)18/h1-7,14,21H,8H2,(H2,19,20,22). The maximum absolute atomic E-state index is 13.5. The number of carbonyl (C=O) groups is 1. The largest absolute Gasteiger partial charge is 0.394 e. The maximum atomic E-state index is 13.5. The first-order valence-corrected chi connectivity index (χ1v) is 6.76. The van der Waals surface area contributed by atoms with Crippen LogP contribution in [0.4, 0.5) is 19.3 Å². The first-order valence-electron chi connectivity index (χ1n) is 6.38. The van der Waals surface area contributed by atoms with Crippen LogP contribution in [0.1, 0.15) is 11.6 Å². The first-order chi connectivity index (χ1) is 10.5. The number of nitrogens with one attached hydrogen (secondary N) is 2. The van der Waals surface area contributed by atoms with Gasteiger partial charge in [0.25, 0.3) is 0 Å². The van der Waals surface area contributed by atoms with Gasteiger partial charge in [-0.2, -0.15) is 0 Å². The fourth-order valence-corrected chi connectivity index (χ4v) is 1.96. The summed E-state index contributed by atoms with van der Waals surface area (Å²) < 4.78 is 26.2. The molecule has 22 heavy (non-hydrogen) atoms. The Labute approximate surface area is 130 Å². The summed E-state index contributed by atoms with van der Waals surface area (Å²) in [7, 11) is 0. The second-order valence-electron chi connectivity index (χ2n) is 4.51. The van der Waals surface area contributed by atoms with Gasteiger partial charge in [0.2, 0.25) is 0 Å². The molecule has 1 atom stereocenters. The van der Waals surface area contributed by atoms with Crippen LogP contribution in [0.2, 0.25) is 5.02 Å². The molecule has 4 nitrogen and oxygen atoms in total. The Morgan fingerprint density at radius 3 is 2.45 bits per heavy atom. The summed E-state index contributed by atoms with van der Waals surface area (Å²) in [4.78, 5) is 11.8. The molecule has 0 fully saturated rings. The molecule has 1 unspecified atom stereocenters. The lowest BCUT2D eigenvalue weighted by Gasteiger charge is -2.17. The highest BCUT2D eigenvalue weighted by atomic mass is 35.5. The van der Waals surface area contributed by atoms with Gasteiger partial charge in [0, 0.05) is 11.1 Å². The van der Waals surface area contributed by atoms with Crippen LogP contribution in [0.5, 0.6) is 0 Å². The van der Waals surface area contributed by atoms with Crippen molar-refractivity contribution in [3.63, 3.8) is 0 Å². The molecule has 0 spiro atoms. The number of aliphatic hydroxyl groups excluding tert-OH is 1. The zero-order valence-electron chi connectivity index (χ0n) is 11.3. The average Bonchev–Trinajstić information content (AvgIpc) is 2.49. The van der Waals surface area contributed by atoms with Crippen LogP contribution in [0, 0.1) is 11.6 Å². The molecule has 0 heterocycles. The summed E-state index contributed by atoms with van der Waals surface area (Å²) in [6.45, 7) is -0.346. The zero-order chi connectivity index (χ0) is 16.1. The fraction of sp³-hybridized carbons (Fsp3) is 0.133. The quantitative estimate of drug-likeness (QED) is 0.805. The third-order valence-corrected chi connectivity index (χ3v) is 3.19. The lowest BCUT2D eigenvalue weighted by atomic mass is 10.1. The first kappa shape index (κ1) is 16.2. The van der Waals surface area contributed by atoms with Gasteiger partial charge in [0.05, 0.1) is 18.3 Å². The van der Waals surface area contributed by atoms with E-state index in [9.17, 15) is 18.7 Å². The normalized spacial score (nSPS) is 11.8. The Morgan fingerprint density at radius 1 is 1.18 bits per heavy atom. The number of amides is 2. The minimum atomic E-state index is -0.887. The molecule has 0 aromatic heterocycles. The third kappa shape index (κ3) is 4.16. The van der Waals surface area contributed by atoms with Gasteiger partial charge in [0.1, 0.15) is 11.6 Å². The Bertz CT molecular complexity index is 665. The van der Waals surface area contributed by atoms with E-state index in [0.717, 1.165) is 12.1 Å². The molecular weight excluding hydrogens is 314 g/mol. The van der Waals surface area contributed by atoms with E-state index >= 15 is 0 Å². The van der Waals surface area contributed by atoms with Gasteiger partial charge >= 0.3 is 6.03 Å². The predicted octanol–water partition coefficient (Wildman–Crippen LogP) is 3.47. The molecule has 7 heteroatoms. The van der Waals surface area contributed by atoms with Crippen molar-refractivity contribution >= 4 is 23.3 Å². The number of hydrogen-bond acceptors (Lipinski definition) is 2. The maximum Gasteiger partial charge on any atom is 0.319 e. The lowest BCUT2D eigenvalue weighted by molar-refractivity contribution is 0.225. The highest BCUT2D eigenvalue weighted by molar-refractivity contribution is 6.30. The fourth-order valence-electron chi connectivity index (χ4n) is 1.84. The van der Waals surface area contributed by atoms with Crippen LogP contribution < -0.4 is 10.6 Å². The number of aliphatic hydroxyl groups is 1. The second-order valence-corrected chi connectivity index (χ2v) is 4.95. The van der Waals surface area contributed by atoms with Gasteiger partial charge in [-0.3, -0.25) is 0 Å². The van der Waals surface area contributed by atoms with Crippen LogP contribution in [-0.4, -0.2) is 17.7 Å². The van der Waals surface area contributed by atoms with E-state index in [1.165, 1.54) is 0 Å². The summed E-state index contributed by atoms with van der Waals surface area (Å²) in [6, 6.07) is 7.96. The number of halogens is 3. The van der Waals surface area contributed by atoms with Crippen LogP contribution in [0.25, 0.3) is 0 Å². The van der Waals surface area contributed by atoms with Gasteiger partial charge in [-0.05, 0) is 29.8 Å². The highest BCUT2D eigenvalue weighted by Crippen LogP contribution is 2.18. The summed E-state index contributed by atoms with van der Waals surface area (Å²) in [6.07, 6.45) is 0. The SMILES string of the molecule is O=C(Nc1ccc(F)cc1F)NC(CO)c1ccc(Cl)cc1. The molecule has 0 aliphatic heterocycles. The van der Waals surface area contributed by atoms with Crippen molar-refractivity contribution in [2.75, 3.05) is 11.9 Å². The molecule has 0 aliphatic rings. The van der Waals surface area contributed by atoms with Crippen molar-refractivity contribution in [2.45, 2.75) is 6.04 Å². The Kier molecular flexibility index (Phi) is 5.30. The molecule has 2 amide bonds. The molecule has 2 rings (SSSR count). The molecule has 116 valence electrons. The minimum Gasteiger partial charge on any atom is -0.394 e. The van der Waals surface area contributed by atoms with Crippen LogP contribution in [-0.2, 0) is 0 Å². The zero-order valence-corrected chi connectivity index (χ0v) is 12.1. The summed E-state index contributed by atoms with van der Waals surface area (Å²) >= 11 is 5.77. The predicted molar refractivity (Wildman–Crippen MR) is 79.8 cm³/mol. The van der Waals surface area contributed by atoms with Gasteiger partial charge in [0.15, 0.2) is 0 Å². The summed E-state index contributed by atoms with van der Waals surface area (Å²) in [5, 5.41) is 14.6. The van der Waals surface area contributed by atoms with Crippen LogP contribution >= 0.6 is 11.6 Å². The lowest BCUT2D eigenvalue weighted by Crippen LogP contribution is -2.34. The average molecular weight is 327 g/mol. The van der Waals surface area contributed by atoms with Gasteiger partial charge < -0.3 is 15.7 Å². The molecular formula is C15H13ClF2N2O2. The van der Waals surface area contributed by atoms with E-state index < -0.39 is 23.7 Å². The van der Waals surface area contributed by atoms with Crippen LogP contribution in [0.3, 0.4) is 0 Å². The molecule has 0 bridgehead atoms. The van der Waals surface area contributed by atoms with Crippen molar-refractivity contribution in [2.24, 2.45) is 0 Å². The molecule has 0 saturated carbocycles. The number of benzene rings is 2. The summed E-state index contributed by atoms with van der Waals surface area (Å²) in [5.74, 6) is -1.62. The van der Waals surface area contributed by atoms with Crippen molar-refractivity contribution < 1.29 is 18.7 Å². The minimum absolute atomic E-state index is 0.160. The number of anilines is 1. The van der Waals surface area contributed by atoms with E-state index in [2.05, 4.69) is 10.6 Å².